The molecule has 0 amide bonds. The summed E-state index contributed by atoms with van der Waals surface area (Å²) in [4.78, 5) is 0. The van der Waals surface area contributed by atoms with Gasteiger partial charge in [-0.2, -0.15) is 39.2 Å². The molecular weight excluding hydrogens is 335 g/mol. The van der Waals surface area contributed by atoms with Crippen LogP contribution in [0.5, 0.6) is 0 Å². The maximum atomic E-state index is 12.2. The van der Waals surface area contributed by atoms with E-state index in [1.807, 2.05) is 4.74 Å². The third-order valence-electron chi connectivity index (χ3n) is 1.19. The Morgan fingerprint density at radius 3 is 1.56 bits per heavy atom. The van der Waals surface area contributed by atoms with Crippen molar-refractivity contribution >= 4 is 61.5 Å². The van der Waals surface area contributed by atoms with Crippen LogP contribution in [-0.2, 0) is 14.9 Å². The van der Waals surface area contributed by atoms with Gasteiger partial charge in [0.25, 0.3) is 6.36 Å². The molecule has 1 atom stereocenters. The van der Waals surface area contributed by atoms with Crippen LogP contribution in [0.25, 0.3) is 0 Å². The summed E-state index contributed by atoms with van der Waals surface area (Å²) in [5, 5.41) is -5.97. The van der Waals surface area contributed by atoms with E-state index in [2.05, 4.69) is 0 Å². The second-order valence-corrected chi connectivity index (χ2v) is 3.98. The normalized spacial score (nSPS) is 16.1. The van der Waals surface area contributed by atoms with Crippen molar-refractivity contribution in [1.82, 2.24) is 0 Å². The number of alkyl halides is 8. The summed E-state index contributed by atoms with van der Waals surface area (Å²) in [6.07, 6.45) is -17.8. The van der Waals surface area contributed by atoms with Crippen LogP contribution in [0, 0.1) is 0 Å². The molecule has 0 aliphatic carbocycles. The molecule has 0 aromatic carbocycles. The second-order valence-electron chi connectivity index (χ2n) is 2.49. The molecule has 1 unspecified atom stereocenters. The maximum Gasteiger partial charge on any atom is 0.483 e. The van der Waals surface area contributed by atoms with Gasteiger partial charge >= 0.3 is 27.7 Å². The quantitative estimate of drug-likeness (QED) is 0.480. The van der Waals surface area contributed by atoms with Gasteiger partial charge in [0.05, 0.1) is 0 Å². The first-order chi connectivity index (χ1) is 7.13. The van der Waals surface area contributed by atoms with Gasteiger partial charge in [0.15, 0.2) is 0 Å². The monoisotopic (exact) mass is 337 g/mol. The summed E-state index contributed by atoms with van der Waals surface area (Å²) < 4.78 is 124. The van der Waals surface area contributed by atoms with E-state index in [1.54, 1.807) is 0 Å². The predicted octanol–water partition coefficient (Wildman–Crippen LogP) is 1.55. The van der Waals surface area contributed by atoms with Crippen molar-refractivity contribution in [3.05, 3.63) is 0 Å². The Morgan fingerprint density at radius 2 is 1.33 bits per heavy atom. The minimum atomic E-state index is -6.55. The Morgan fingerprint density at radius 1 is 1.00 bits per heavy atom. The Kier molecular flexibility index (Phi) is 7.26. The third kappa shape index (κ3) is 4.81. The van der Waals surface area contributed by atoms with Crippen molar-refractivity contribution in [2.24, 2.45) is 0 Å². The van der Waals surface area contributed by atoms with Gasteiger partial charge in [-0.25, -0.2) is 4.39 Å². The molecule has 0 rings (SSSR count). The molecule has 0 aliphatic rings. The molecule has 0 heterocycles. The first-order valence-corrected chi connectivity index (χ1v) is 4.68. The van der Waals surface area contributed by atoms with Crippen molar-refractivity contribution in [2.75, 3.05) is 0 Å². The summed E-state index contributed by atoms with van der Waals surface area (Å²) in [6, 6.07) is 0. The van der Waals surface area contributed by atoms with Crippen LogP contribution in [0.15, 0.2) is 0 Å². The Labute approximate surface area is 137 Å². The molecular formula is C4H2F8KO4S. The van der Waals surface area contributed by atoms with Gasteiger partial charge in [0.1, 0.15) is 0 Å². The Bertz CT molecular complexity index is 377. The van der Waals surface area contributed by atoms with Crippen LogP contribution in [0.4, 0.5) is 35.1 Å². The van der Waals surface area contributed by atoms with Gasteiger partial charge < -0.3 is 0 Å². The first-order valence-electron chi connectivity index (χ1n) is 3.24. The van der Waals surface area contributed by atoms with Crippen LogP contribution < -0.4 is 0 Å². The van der Waals surface area contributed by atoms with Crippen LogP contribution in [0.2, 0.25) is 0 Å². The van der Waals surface area contributed by atoms with E-state index >= 15 is 0 Å². The molecule has 1 radical (unpaired) electrons. The Hall–Kier alpha value is 0.946. The van der Waals surface area contributed by atoms with Crippen LogP contribution in [-0.4, -0.2) is 88.3 Å². The van der Waals surface area contributed by atoms with E-state index < -0.39 is 34.0 Å². The number of ether oxygens (including phenoxy) is 1. The van der Waals surface area contributed by atoms with Gasteiger partial charge in [0, 0.05) is 51.4 Å². The molecule has 0 aliphatic heterocycles. The van der Waals surface area contributed by atoms with E-state index in [9.17, 15) is 43.5 Å². The fourth-order valence-electron chi connectivity index (χ4n) is 0.382. The summed E-state index contributed by atoms with van der Waals surface area (Å²) in [7, 11) is -6.55. The third-order valence-corrected chi connectivity index (χ3v) is 2.06. The topological polar surface area (TPSA) is 63.6 Å². The number of rotatable bonds is 4. The largest absolute Gasteiger partial charge is 0.483 e. The molecule has 105 valence electrons. The van der Waals surface area contributed by atoms with Crippen molar-refractivity contribution < 1.29 is 52.8 Å². The summed E-state index contributed by atoms with van der Waals surface area (Å²) in [6.45, 7) is 0. The molecule has 0 aromatic heterocycles. The van der Waals surface area contributed by atoms with Crippen molar-refractivity contribution in [2.45, 2.75) is 23.9 Å². The van der Waals surface area contributed by atoms with Gasteiger partial charge in [0.2, 0.25) is 0 Å². The van der Waals surface area contributed by atoms with E-state index in [0.717, 1.165) is 0 Å². The molecule has 4 nitrogen and oxygen atoms in total. The SMILES string of the molecule is O=S(=O)(O)C(F)(F)C(F)OC(F)(F)C(F)(F)F.[K]. The number of halogens is 8. The van der Waals surface area contributed by atoms with Crippen molar-refractivity contribution in [3.63, 3.8) is 0 Å². The summed E-state index contributed by atoms with van der Waals surface area (Å²) in [5.74, 6) is 0. The van der Waals surface area contributed by atoms with Crippen molar-refractivity contribution in [3.8, 4) is 0 Å². The molecule has 0 saturated heterocycles. The maximum absolute atomic E-state index is 12.2. The molecule has 18 heavy (non-hydrogen) atoms. The van der Waals surface area contributed by atoms with E-state index in [-0.39, 0.29) is 51.4 Å². The fourth-order valence-corrected chi connectivity index (χ4v) is 0.665. The molecule has 0 saturated carbocycles. The number of hydrogen-bond donors (Lipinski definition) is 1. The average Bonchev–Trinajstić information content (AvgIpc) is 1.98. The van der Waals surface area contributed by atoms with E-state index in [0.29, 0.717) is 0 Å². The fraction of sp³-hybridized carbons (Fsp3) is 1.00. The Balaban J connectivity index is 0. The van der Waals surface area contributed by atoms with Crippen LogP contribution in [0.3, 0.4) is 0 Å². The van der Waals surface area contributed by atoms with Crippen LogP contribution >= 0.6 is 0 Å². The zero-order valence-corrected chi connectivity index (χ0v) is 12.1. The number of hydrogen-bond acceptors (Lipinski definition) is 3. The average molecular weight is 337 g/mol. The molecule has 0 bridgehead atoms. The summed E-state index contributed by atoms with van der Waals surface area (Å²) >= 11 is 0. The predicted molar refractivity (Wildman–Crippen MR) is 39.2 cm³/mol. The molecule has 14 heteroatoms. The van der Waals surface area contributed by atoms with E-state index in [1.165, 1.54) is 0 Å². The minimum Gasteiger partial charge on any atom is -0.281 e. The van der Waals surface area contributed by atoms with E-state index in [4.69, 9.17) is 4.55 Å². The van der Waals surface area contributed by atoms with Gasteiger partial charge in [-0.3, -0.25) is 9.29 Å². The van der Waals surface area contributed by atoms with Crippen molar-refractivity contribution in [1.29, 1.82) is 0 Å². The smallest absolute Gasteiger partial charge is 0.281 e. The molecule has 1 N–H and O–H groups in total. The minimum absolute atomic E-state index is 0. The molecule has 0 spiro atoms. The van der Waals surface area contributed by atoms with Gasteiger partial charge in [-0.15, -0.1) is 0 Å². The second kappa shape index (κ2) is 6.15. The summed E-state index contributed by atoms with van der Waals surface area (Å²) in [5.41, 5.74) is 0. The van der Waals surface area contributed by atoms with Gasteiger partial charge in [-0.05, 0) is 0 Å². The van der Waals surface area contributed by atoms with Gasteiger partial charge in [-0.1, -0.05) is 0 Å². The zero-order chi connectivity index (χ0) is 14.3. The van der Waals surface area contributed by atoms with Crippen LogP contribution in [0.1, 0.15) is 0 Å². The molecule has 0 fully saturated rings. The standard InChI is InChI=1S/C4H2F8O4S.K/c5-1(2(6,7)17(13,14)15)16-4(11,12)3(8,9)10;/h1H,(H,13,14,15);. The first kappa shape index (κ1) is 21.2. The molecule has 0 aromatic rings. The zero-order valence-electron chi connectivity index (χ0n) is 8.18.